The van der Waals surface area contributed by atoms with E-state index in [1.54, 1.807) is 6.07 Å². The van der Waals surface area contributed by atoms with Crippen LogP contribution in [-0.2, 0) is 0 Å². The van der Waals surface area contributed by atoms with Crippen molar-refractivity contribution in [2.24, 2.45) is 0 Å². The van der Waals surface area contributed by atoms with Gasteiger partial charge in [0.05, 0.1) is 0 Å². The normalized spacial score (nSPS) is 13.6. The summed E-state index contributed by atoms with van der Waals surface area (Å²) in [5.74, 6) is -0.268. The molecule has 1 aromatic rings. The molecule has 0 saturated carbocycles. The van der Waals surface area contributed by atoms with Crippen molar-refractivity contribution in [2.45, 2.75) is 31.3 Å². The van der Waals surface area contributed by atoms with Crippen LogP contribution >= 0.6 is 0 Å². The minimum Gasteiger partial charge on any atom is -0.428 e. The van der Waals surface area contributed by atoms with Gasteiger partial charge in [-0.05, 0) is 12.1 Å². The molecule has 1 aromatic carbocycles. The molecule has 1 nitrogen and oxygen atoms in total. The Labute approximate surface area is 98.4 Å². The molecule has 96 valence electrons. The number of alkyl halides is 4. The summed E-state index contributed by atoms with van der Waals surface area (Å²) < 4.78 is 58.2. The maximum atomic E-state index is 13.6. The lowest BCUT2D eigenvalue weighted by Crippen LogP contribution is -2.59. The summed E-state index contributed by atoms with van der Waals surface area (Å²) in [7, 11) is -3.38. The molecule has 1 rings (SSSR count). The highest BCUT2D eigenvalue weighted by Crippen LogP contribution is 2.42. The highest BCUT2D eigenvalue weighted by atomic mass is 28.3. The Morgan fingerprint density at radius 2 is 1.41 bits per heavy atom. The van der Waals surface area contributed by atoms with E-state index < -0.39 is 19.7 Å². The smallest absolute Gasteiger partial charge is 0.428 e. The van der Waals surface area contributed by atoms with Gasteiger partial charge in [-0.3, -0.25) is 0 Å². The molecule has 6 heteroatoms. The molecule has 0 bridgehead atoms. The number of para-hydroxylation sites is 1. The van der Waals surface area contributed by atoms with E-state index in [9.17, 15) is 17.6 Å². The SMILES string of the molecule is C[Si](C)(C)C(F)(F)C(F)(F)Oc1ccccc1. The zero-order valence-corrected chi connectivity index (χ0v) is 10.8. The minimum absolute atomic E-state index is 0.268. The van der Waals surface area contributed by atoms with Gasteiger partial charge in [0.2, 0.25) is 0 Å². The summed E-state index contributed by atoms with van der Waals surface area (Å²) in [6, 6.07) is 6.90. The molecule has 0 N–H and O–H groups in total. The van der Waals surface area contributed by atoms with Gasteiger partial charge in [-0.1, -0.05) is 37.8 Å². The van der Waals surface area contributed by atoms with Crippen molar-refractivity contribution >= 4 is 8.07 Å². The largest absolute Gasteiger partial charge is 0.459 e. The standard InChI is InChI=1S/C11H14F4OSi/c1-17(2,3)11(14,15)10(12,13)16-9-7-5-4-6-8-9/h4-8H,1-3H3. The topological polar surface area (TPSA) is 9.23 Å². The van der Waals surface area contributed by atoms with E-state index in [2.05, 4.69) is 4.74 Å². The lowest BCUT2D eigenvalue weighted by molar-refractivity contribution is -0.278. The Kier molecular flexibility index (Phi) is 3.57. The van der Waals surface area contributed by atoms with Crippen LogP contribution in [0.15, 0.2) is 30.3 Å². The fourth-order valence-electron chi connectivity index (χ4n) is 1.14. The fraction of sp³-hybridized carbons (Fsp3) is 0.455. The van der Waals surface area contributed by atoms with Gasteiger partial charge in [0.15, 0.2) is 0 Å². The van der Waals surface area contributed by atoms with E-state index in [0.717, 1.165) is 0 Å². The van der Waals surface area contributed by atoms with Crippen LogP contribution in [0, 0.1) is 0 Å². The van der Waals surface area contributed by atoms with Gasteiger partial charge < -0.3 is 4.74 Å². The molecule has 0 heterocycles. The molecule has 0 radical (unpaired) electrons. The number of benzene rings is 1. The predicted octanol–water partition coefficient (Wildman–Crippen LogP) is 4.17. The third kappa shape index (κ3) is 2.80. The first-order valence-electron chi connectivity index (χ1n) is 5.07. The van der Waals surface area contributed by atoms with Crippen LogP contribution in [-0.4, -0.2) is 19.7 Å². The molecule has 17 heavy (non-hydrogen) atoms. The van der Waals surface area contributed by atoms with E-state index in [4.69, 9.17) is 0 Å². The molecular formula is C11H14F4OSi. The number of hydrogen-bond donors (Lipinski definition) is 0. The summed E-state index contributed by atoms with van der Waals surface area (Å²) in [6.07, 6.45) is -4.49. The Morgan fingerprint density at radius 3 is 1.82 bits per heavy atom. The first-order valence-corrected chi connectivity index (χ1v) is 8.57. The molecule has 0 aliphatic heterocycles. The molecule has 0 spiro atoms. The average molecular weight is 266 g/mol. The van der Waals surface area contributed by atoms with E-state index in [-0.39, 0.29) is 5.75 Å². The molecular weight excluding hydrogens is 252 g/mol. The summed E-state index contributed by atoms with van der Waals surface area (Å²) in [6.45, 7) is 3.53. The van der Waals surface area contributed by atoms with E-state index in [1.165, 1.54) is 43.9 Å². The highest BCUT2D eigenvalue weighted by molar-refractivity contribution is 6.78. The van der Waals surface area contributed by atoms with Gasteiger partial charge in [0, 0.05) is 0 Å². The average Bonchev–Trinajstić information content (AvgIpc) is 2.16. The van der Waals surface area contributed by atoms with Crippen molar-refractivity contribution in [3.63, 3.8) is 0 Å². The Bertz CT molecular complexity index is 373. The van der Waals surface area contributed by atoms with Crippen molar-refractivity contribution in [2.75, 3.05) is 0 Å². The van der Waals surface area contributed by atoms with Crippen LogP contribution in [0.4, 0.5) is 17.6 Å². The lowest BCUT2D eigenvalue weighted by atomic mass is 10.3. The van der Waals surface area contributed by atoms with Gasteiger partial charge in [0.25, 0.3) is 0 Å². The number of rotatable bonds is 4. The molecule has 0 aromatic heterocycles. The van der Waals surface area contributed by atoms with E-state index in [1.807, 2.05) is 0 Å². The molecule has 0 fully saturated rings. The van der Waals surface area contributed by atoms with Crippen molar-refractivity contribution in [1.29, 1.82) is 0 Å². The molecule has 0 amide bonds. The van der Waals surface area contributed by atoms with Gasteiger partial charge >= 0.3 is 11.7 Å². The maximum absolute atomic E-state index is 13.6. The van der Waals surface area contributed by atoms with Crippen LogP contribution in [0.3, 0.4) is 0 Å². The Balaban J connectivity index is 2.96. The van der Waals surface area contributed by atoms with Crippen LogP contribution in [0.1, 0.15) is 0 Å². The summed E-state index contributed by atoms with van der Waals surface area (Å²) in [5, 5.41) is 0. The molecule has 0 aliphatic rings. The van der Waals surface area contributed by atoms with Crippen LogP contribution in [0.2, 0.25) is 19.6 Å². The third-order valence-electron chi connectivity index (χ3n) is 2.30. The number of hydrogen-bond acceptors (Lipinski definition) is 1. The number of ether oxygens (including phenoxy) is 1. The lowest BCUT2D eigenvalue weighted by Gasteiger charge is -2.34. The van der Waals surface area contributed by atoms with E-state index >= 15 is 0 Å². The van der Waals surface area contributed by atoms with Crippen LogP contribution in [0.5, 0.6) is 5.75 Å². The van der Waals surface area contributed by atoms with Gasteiger partial charge in [-0.25, -0.2) is 8.78 Å². The summed E-state index contributed by atoms with van der Waals surface area (Å²) in [5.41, 5.74) is -4.13. The first-order chi connectivity index (χ1) is 7.58. The second kappa shape index (κ2) is 4.32. The fourth-order valence-corrected chi connectivity index (χ4v) is 2.06. The number of halogens is 4. The van der Waals surface area contributed by atoms with Gasteiger partial charge in [0.1, 0.15) is 13.8 Å². The molecule has 0 aliphatic carbocycles. The second-order valence-corrected chi connectivity index (χ2v) is 9.88. The first kappa shape index (κ1) is 14.0. The second-order valence-electron chi connectivity index (χ2n) is 4.76. The zero-order valence-electron chi connectivity index (χ0n) is 9.81. The molecule has 0 unspecified atom stereocenters. The maximum Gasteiger partial charge on any atom is 0.459 e. The predicted molar refractivity (Wildman–Crippen MR) is 60.3 cm³/mol. The molecule has 0 saturated heterocycles. The monoisotopic (exact) mass is 266 g/mol. The van der Waals surface area contributed by atoms with Crippen molar-refractivity contribution in [1.82, 2.24) is 0 Å². The highest BCUT2D eigenvalue weighted by Gasteiger charge is 2.66. The Morgan fingerprint density at radius 1 is 0.941 bits per heavy atom. The van der Waals surface area contributed by atoms with Crippen molar-refractivity contribution in [3.05, 3.63) is 30.3 Å². The van der Waals surface area contributed by atoms with Crippen LogP contribution in [0.25, 0.3) is 0 Å². The van der Waals surface area contributed by atoms with Crippen molar-refractivity contribution in [3.8, 4) is 5.75 Å². The Hall–Kier alpha value is -1.04. The van der Waals surface area contributed by atoms with Gasteiger partial charge in [-0.2, -0.15) is 8.78 Å². The quantitative estimate of drug-likeness (QED) is 0.587. The van der Waals surface area contributed by atoms with E-state index in [0.29, 0.717) is 0 Å². The van der Waals surface area contributed by atoms with Gasteiger partial charge in [-0.15, -0.1) is 0 Å². The summed E-state index contributed by atoms with van der Waals surface area (Å²) in [4.78, 5) is 0. The zero-order chi connectivity index (χ0) is 13.3. The van der Waals surface area contributed by atoms with Crippen LogP contribution < -0.4 is 4.74 Å². The molecule has 0 atom stereocenters. The minimum atomic E-state index is -4.49. The van der Waals surface area contributed by atoms with Crippen molar-refractivity contribution < 1.29 is 22.3 Å². The third-order valence-corrected chi connectivity index (χ3v) is 4.47. The summed E-state index contributed by atoms with van der Waals surface area (Å²) >= 11 is 0.